The molecule has 0 amide bonds. The van der Waals surface area contributed by atoms with Gasteiger partial charge in [0.05, 0.1) is 12.1 Å². The van der Waals surface area contributed by atoms with Crippen molar-refractivity contribution in [2.75, 3.05) is 6.54 Å². The Balaban J connectivity index is 1.71. The standard InChI is InChI=1S/C19H21FN2S/c1-14(15-7-3-2-4-8-15)21-19(23)22-12-6-11-18(22)16-9-5-10-17(20)13-16/h2-5,7-10,13-14,18H,6,11-12H2,1H3,(H,21,23)/t14-,18+/m1/s1. The van der Waals surface area contributed by atoms with Gasteiger partial charge in [-0.3, -0.25) is 0 Å². The van der Waals surface area contributed by atoms with Crippen molar-refractivity contribution in [3.05, 3.63) is 71.5 Å². The predicted molar refractivity (Wildman–Crippen MR) is 95.7 cm³/mol. The summed E-state index contributed by atoms with van der Waals surface area (Å²) in [5.74, 6) is -0.189. The zero-order valence-corrected chi connectivity index (χ0v) is 14.0. The van der Waals surface area contributed by atoms with Crippen LogP contribution in [0.5, 0.6) is 0 Å². The summed E-state index contributed by atoms with van der Waals surface area (Å²) in [6, 6.07) is 17.4. The molecule has 3 rings (SSSR count). The zero-order chi connectivity index (χ0) is 16.2. The van der Waals surface area contributed by atoms with E-state index in [1.54, 1.807) is 12.1 Å². The number of halogens is 1. The van der Waals surface area contributed by atoms with E-state index < -0.39 is 0 Å². The highest BCUT2D eigenvalue weighted by Crippen LogP contribution is 2.32. The first kappa shape index (κ1) is 15.9. The maximum atomic E-state index is 13.5. The molecule has 1 N–H and O–H groups in total. The molecule has 1 aliphatic rings. The van der Waals surface area contributed by atoms with Crippen LogP contribution >= 0.6 is 12.2 Å². The lowest BCUT2D eigenvalue weighted by atomic mass is 10.0. The van der Waals surface area contributed by atoms with Crippen LogP contribution < -0.4 is 5.32 Å². The second kappa shape index (κ2) is 7.09. The molecule has 0 bridgehead atoms. The SMILES string of the molecule is C[C@@H](NC(=S)N1CCC[C@H]1c1cccc(F)c1)c1ccccc1. The number of hydrogen-bond donors (Lipinski definition) is 1. The third-order valence-corrected chi connectivity index (χ3v) is 4.74. The number of likely N-dealkylation sites (tertiary alicyclic amines) is 1. The molecule has 0 unspecified atom stereocenters. The van der Waals surface area contributed by atoms with Crippen LogP contribution in [0.25, 0.3) is 0 Å². The van der Waals surface area contributed by atoms with Gasteiger partial charge >= 0.3 is 0 Å². The summed E-state index contributed by atoms with van der Waals surface area (Å²) in [6.45, 7) is 3.02. The van der Waals surface area contributed by atoms with Crippen molar-refractivity contribution in [2.45, 2.75) is 31.8 Å². The Morgan fingerprint density at radius 1 is 1.22 bits per heavy atom. The minimum Gasteiger partial charge on any atom is -0.356 e. The first-order valence-corrected chi connectivity index (χ1v) is 8.43. The molecule has 23 heavy (non-hydrogen) atoms. The molecule has 2 aromatic carbocycles. The van der Waals surface area contributed by atoms with Crippen LogP contribution in [0.4, 0.5) is 4.39 Å². The molecule has 2 aromatic rings. The fourth-order valence-corrected chi connectivity index (χ4v) is 3.56. The topological polar surface area (TPSA) is 15.3 Å². The fraction of sp³-hybridized carbons (Fsp3) is 0.316. The van der Waals surface area contributed by atoms with E-state index in [0.29, 0.717) is 0 Å². The lowest BCUT2D eigenvalue weighted by Crippen LogP contribution is -2.40. The summed E-state index contributed by atoms with van der Waals surface area (Å²) in [5, 5.41) is 4.16. The number of hydrogen-bond acceptors (Lipinski definition) is 1. The van der Waals surface area contributed by atoms with Crippen molar-refractivity contribution >= 4 is 17.3 Å². The summed E-state index contributed by atoms with van der Waals surface area (Å²) in [5.41, 5.74) is 2.20. The quantitative estimate of drug-likeness (QED) is 0.829. The monoisotopic (exact) mass is 328 g/mol. The Hall–Kier alpha value is -1.94. The fourth-order valence-electron chi connectivity index (χ4n) is 3.16. The first-order valence-electron chi connectivity index (χ1n) is 8.02. The molecule has 2 atom stereocenters. The Labute approximate surface area is 142 Å². The number of benzene rings is 2. The van der Waals surface area contributed by atoms with Gasteiger partial charge in [0.2, 0.25) is 0 Å². The molecule has 1 aliphatic heterocycles. The molecule has 0 aromatic heterocycles. The molecule has 1 heterocycles. The normalized spacial score (nSPS) is 18.7. The van der Waals surface area contributed by atoms with Gasteiger partial charge in [-0.05, 0) is 55.2 Å². The van der Waals surface area contributed by atoms with Crippen LogP contribution in [0.3, 0.4) is 0 Å². The number of thiocarbonyl (C=S) groups is 1. The van der Waals surface area contributed by atoms with Gasteiger partial charge in [-0.25, -0.2) is 4.39 Å². The van der Waals surface area contributed by atoms with Crippen molar-refractivity contribution in [1.29, 1.82) is 0 Å². The first-order chi connectivity index (χ1) is 11.1. The van der Waals surface area contributed by atoms with Crippen molar-refractivity contribution in [3.63, 3.8) is 0 Å². The van der Waals surface area contributed by atoms with Crippen molar-refractivity contribution in [1.82, 2.24) is 10.2 Å². The zero-order valence-electron chi connectivity index (χ0n) is 13.2. The molecule has 120 valence electrons. The second-order valence-electron chi connectivity index (χ2n) is 5.99. The maximum absolute atomic E-state index is 13.5. The predicted octanol–water partition coefficient (Wildman–Crippen LogP) is 4.60. The van der Waals surface area contributed by atoms with Crippen molar-refractivity contribution < 1.29 is 4.39 Å². The largest absolute Gasteiger partial charge is 0.356 e. The van der Waals surface area contributed by atoms with Gasteiger partial charge in [0.1, 0.15) is 5.82 Å². The summed E-state index contributed by atoms with van der Waals surface area (Å²) >= 11 is 5.62. The third-order valence-electron chi connectivity index (χ3n) is 4.39. The number of nitrogens with zero attached hydrogens (tertiary/aromatic N) is 1. The van der Waals surface area contributed by atoms with E-state index in [1.807, 2.05) is 24.3 Å². The van der Waals surface area contributed by atoms with Gasteiger partial charge in [0.15, 0.2) is 5.11 Å². The molecule has 2 nitrogen and oxygen atoms in total. The minimum atomic E-state index is -0.189. The van der Waals surface area contributed by atoms with Crippen molar-refractivity contribution in [2.24, 2.45) is 0 Å². The molecular weight excluding hydrogens is 307 g/mol. The van der Waals surface area contributed by atoms with E-state index >= 15 is 0 Å². The Morgan fingerprint density at radius 3 is 2.74 bits per heavy atom. The Bertz CT molecular complexity index is 674. The van der Waals surface area contributed by atoms with Crippen LogP contribution in [0, 0.1) is 5.82 Å². The molecule has 0 aliphatic carbocycles. The van der Waals surface area contributed by atoms with Gasteiger partial charge < -0.3 is 10.2 Å². The average molecular weight is 328 g/mol. The van der Waals surface area contributed by atoms with E-state index in [-0.39, 0.29) is 17.9 Å². The lowest BCUT2D eigenvalue weighted by Gasteiger charge is -2.30. The van der Waals surface area contributed by atoms with Gasteiger partial charge in [-0.15, -0.1) is 0 Å². The van der Waals surface area contributed by atoms with E-state index in [0.717, 1.165) is 30.1 Å². The summed E-state index contributed by atoms with van der Waals surface area (Å²) in [6.07, 6.45) is 2.08. The maximum Gasteiger partial charge on any atom is 0.169 e. The van der Waals surface area contributed by atoms with Crippen LogP contribution in [0.15, 0.2) is 54.6 Å². The molecular formula is C19H21FN2S. The highest BCUT2D eigenvalue weighted by molar-refractivity contribution is 7.80. The smallest absolute Gasteiger partial charge is 0.169 e. The molecule has 0 spiro atoms. The summed E-state index contributed by atoms with van der Waals surface area (Å²) < 4.78 is 13.5. The summed E-state index contributed by atoms with van der Waals surface area (Å²) in [7, 11) is 0. The molecule has 1 saturated heterocycles. The minimum absolute atomic E-state index is 0.150. The van der Waals surface area contributed by atoms with Crippen molar-refractivity contribution in [3.8, 4) is 0 Å². The lowest BCUT2D eigenvalue weighted by molar-refractivity contribution is 0.387. The van der Waals surface area contributed by atoms with Crippen LogP contribution in [-0.2, 0) is 0 Å². The molecule has 0 radical (unpaired) electrons. The molecule has 4 heteroatoms. The third kappa shape index (κ3) is 3.70. The van der Waals surface area contributed by atoms with Crippen LogP contribution in [-0.4, -0.2) is 16.6 Å². The molecule has 1 fully saturated rings. The van der Waals surface area contributed by atoms with E-state index in [4.69, 9.17) is 12.2 Å². The summed E-state index contributed by atoms with van der Waals surface area (Å²) in [4.78, 5) is 2.18. The van der Waals surface area contributed by atoms with E-state index in [9.17, 15) is 4.39 Å². The van der Waals surface area contributed by atoms with Gasteiger partial charge in [-0.1, -0.05) is 42.5 Å². The second-order valence-corrected chi connectivity index (χ2v) is 6.37. The van der Waals surface area contributed by atoms with Crippen LogP contribution in [0.1, 0.15) is 43.0 Å². The molecule has 0 saturated carbocycles. The van der Waals surface area contributed by atoms with E-state index in [1.165, 1.54) is 11.6 Å². The highest BCUT2D eigenvalue weighted by Gasteiger charge is 2.28. The van der Waals surface area contributed by atoms with Gasteiger partial charge in [0.25, 0.3) is 0 Å². The van der Waals surface area contributed by atoms with Crippen LogP contribution in [0.2, 0.25) is 0 Å². The highest BCUT2D eigenvalue weighted by atomic mass is 32.1. The van der Waals surface area contributed by atoms with E-state index in [2.05, 4.69) is 29.3 Å². The van der Waals surface area contributed by atoms with Gasteiger partial charge in [0, 0.05) is 6.54 Å². The average Bonchev–Trinajstić information content (AvgIpc) is 3.05. The Morgan fingerprint density at radius 2 is 2.00 bits per heavy atom. The number of nitrogens with one attached hydrogen (secondary N) is 1. The number of rotatable bonds is 3. The Kier molecular flexibility index (Phi) is 4.91. The van der Waals surface area contributed by atoms with Gasteiger partial charge in [-0.2, -0.15) is 0 Å².